The molecule has 1 aliphatic rings. The minimum absolute atomic E-state index is 0.0175. The summed E-state index contributed by atoms with van der Waals surface area (Å²) in [4.78, 5) is 38.8. The topological polar surface area (TPSA) is 75.6 Å². The second-order valence-electron chi connectivity index (χ2n) is 8.96. The number of carbonyl (C=O) groups is 2. The van der Waals surface area contributed by atoms with Crippen molar-refractivity contribution in [2.24, 2.45) is 5.92 Å². The highest BCUT2D eigenvalue weighted by molar-refractivity contribution is 5.95. The van der Waals surface area contributed by atoms with E-state index < -0.39 is 0 Å². The van der Waals surface area contributed by atoms with Gasteiger partial charge in [-0.1, -0.05) is 43.7 Å². The molecule has 1 aromatic heterocycles. The van der Waals surface area contributed by atoms with E-state index in [1.54, 1.807) is 4.90 Å². The number of fused-ring (bicyclic) bond motifs is 1. The summed E-state index contributed by atoms with van der Waals surface area (Å²) in [5, 5.41) is 0. The highest BCUT2D eigenvalue weighted by Gasteiger charge is 2.29. The van der Waals surface area contributed by atoms with E-state index in [9.17, 15) is 9.59 Å². The number of benzene rings is 2. The Kier molecular flexibility index (Phi) is 6.99. The number of aromatic nitrogens is 2. The third kappa shape index (κ3) is 5.54. The first-order valence-electron chi connectivity index (χ1n) is 11.4. The molecule has 7 heteroatoms. The molecule has 1 atom stereocenters. The molecule has 1 saturated heterocycles. The zero-order valence-corrected chi connectivity index (χ0v) is 19.4. The number of hydrogen-bond acceptors (Lipinski definition) is 5. The SMILES string of the molecule is Cc1ccc(C(=O)N(CC(C)C)CC2CN(C(=O)c3cnc4ccccc4n3)CCO2)cc1. The van der Waals surface area contributed by atoms with Gasteiger partial charge in [0.2, 0.25) is 0 Å². The van der Waals surface area contributed by atoms with Crippen molar-refractivity contribution < 1.29 is 14.3 Å². The largest absolute Gasteiger partial charge is 0.373 e. The Bertz CT molecular complexity index is 1130. The van der Waals surface area contributed by atoms with Crippen LogP contribution in [0.1, 0.15) is 40.3 Å². The van der Waals surface area contributed by atoms with E-state index in [0.29, 0.717) is 55.5 Å². The number of morpholine rings is 1. The predicted octanol–water partition coefficient (Wildman–Crippen LogP) is 3.58. The summed E-state index contributed by atoms with van der Waals surface area (Å²) < 4.78 is 5.96. The van der Waals surface area contributed by atoms with Crippen molar-refractivity contribution in [1.29, 1.82) is 0 Å². The molecule has 1 fully saturated rings. The monoisotopic (exact) mass is 446 g/mol. The number of carbonyl (C=O) groups excluding carboxylic acids is 2. The van der Waals surface area contributed by atoms with Gasteiger partial charge in [-0.2, -0.15) is 0 Å². The molecule has 4 rings (SSSR count). The molecular weight excluding hydrogens is 416 g/mol. The van der Waals surface area contributed by atoms with Crippen LogP contribution < -0.4 is 0 Å². The lowest BCUT2D eigenvalue weighted by atomic mass is 10.1. The summed E-state index contributed by atoms with van der Waals surface area (Å²) in [7, 11) is 0. The molecule has 0 bridgehead atoms. The second-order valence-corrected chi connectivity index (χ2v) is 8.96. The van der Waals surface area contributed by atoms with Crippen LogP contribution in [-0.2, 0) is 4.74 Å². The van der Waals surface area contributed by atoms with Crippen molar-refractivity contribution in [2.45, 2.75) is 26.9 Å². The van der Waals surface area contributed by atoms with E-state index in [0.717, 1.165) is 11.1 Å². The van der Waals surface area contributed by atoms with E-state index in [1.807, 2.05) is 60.4 Å². The molecule has 2 amide bonds. The maximum Gasteiger partial charge on any atom is 0.274 e. The third-order valence-electron chi connectivity index (χ3n) is 5.69. The van der Waals surface area contributed by atoms with Gasteiger partial charge in [-0.3, -0.25) is 14.6 Å². The van der Waals surface area contributed by atoms with E-state index in [-0.39, 0.29) is 17.9 Å². The molecule has 2 heterocycles. The quantitative estimate of drug-likeness (QED) is 0.579. The van der Waals surface area contributed by atoms with Gasteiger partial charge < -0.3 is 14.5 Å². The number of nitrogens with zero attached hydrogens (tertiary/aromatic N) is 4. The smallest absolute Gasteiger partial charge is 0.274 e. The lowest BCUT2D eigenvalue weighted by molar-refractivity contribution is -0.0341. The molecule has 0 N–H and O–H groups in total. The van der Waals surface area contributed by atoms with Crippen molar-refractivity contribution in [3.05, 3.63) is 71.5 Å². The summed E-state index contributed by atoms with van der Waals surface area (Å²) in [6.45, 7) is 8.54. The molecule has 1 unspecified atom stereocenters. The Labute approximate surface area is 194 Å². The number of ether oxygens (including phenoxy) is 1. The average molecular weight is 447 g/mol. The molecule has 172 valence electrons. The van der Waals surface area contributed by atoms with Crippen LogP contribution in [-0.4, -0.2) is 70.5 Å². The van der Waals surface area contributed by atoms with Crippen LogP contribution in [0, 0.1) is 12.8 Å². The van der Waals surface area contributed by atoms with Crippen molar-refractivity contribution in [3.8, 4) is 0 Å². The Morgan fingerprint density at radius 3 is 2.58 bits per heavy atom. The maximum absolute atomic E-state index is 13.2. The van der Waals surface area contributed by atoms with Crippen LogP contribution in [0.15, 0.2) is 54.7 Å². The predicted molar refractivity (Wildman–Crippen MR) is 127 cm³/mol. The summed E-state index contributed by atoms with van der Waals surface area (Å²) in [6, 6.07) is 15.1. The lowest BCUT2D eigenvalue weighted by Gasteiger charge is -2.36. The van der Waals surface area contributed by atoms with Gasteiger partial charge in [0, 0.05) is 31.7 Å². The lowest BCUT2D eigenvalue weighted by Crippen LogP contribution is -2.51. The first kappa shape index (κ1) is 22.9. The van der Waals surface area contributed by atoms with Gasteiger partial charge in [-0.15, -0.1) is 0 Å². The zero-order valence-electron chi connectivity index (χ0n) is 19.4. The molecular formula is C26H30N4O3. The standard InChI is InChI=1S/C26H30N4O3/c1-18(2)15-30(25(31)20-10-8-19(3)9-11-20)17-21-16-29(12-13-33-21)26(32)24-14-27-22-6-4-5-7-23(22)28-24/h4-11,14,18,21H,12-13,15-17H2,1-3H3. The van der Waals surface area contributed by atoms with Gasteiger partial charge in [0.1, 0.15) is 5.69 Å². The van der Waals surface area contributed by atoms with E-state index in [4.69, 9.17) is 4.74 Å². The zero-order chi connectivity index (χ0) is 23.4. The number of rotatable bonds is 6. The molecule has 2 aromatic carbocycles. The fourth-order valence-corrected chi connectivity index (χ4v) is 4.04. The van der Waals surface area contributed by atoms with Gasteiger partial charge in [-0.25, -0.2) is 4.98 Å². The summed E-state index contributed by atoms with van der Waals surface area (Å²) in [5.74, 6) is 0.131. The second kappa shape index (κ2) is 10.1. The van der Waals surface area contributed by atoms with Gasteiger partial charge in [-0.05, 0) is 37.1 Å². The normalized spacial score (nSPS) is 16.2. The minimum atomic E-state index is -0.260. The van der Waals surface area contributed by atoms with Gasteiger partial charge in [0.25, 0.3) is 11.8 Å². The van der Waals surface area contributed by atoms with Crippen LogP contribution in [0.4, 0.5) is 0 Å². The summed E-state index contributed by atoms with van der Waals surface area (Å²) >= 11 is 0. The van der Waals surface area contributed by atoms with E-state index >= 15 is 0 Å². The van der Waals surface area contributed by atoms with Gasteiger partial charge in [0.15, 0.2) is 0 Å². The minimum Gasteiger partial charge on any atom is -0.373 e. The summed E-state index contributed by atoms with van der Waals surface area (Å²) in [6.07, 6.45) is 1.27. The van der Waals surface area contributed by atoms with Crippen molar-refractivity contribution in [3.63, 3.8) is 0 Å². The van der Waals surface area contributed by atoms with Gasteiger partial charge >= 0.3 is 0 Å². The number of amides is 2. The Balaban J connectivity index is 1.46. The molecule has 1 aliphatic heterocycles. The third-order valence-corrected chi connectivity index (χ3v) is 5.69. The van der Waals surface area contributed by atoms with Gasteiger partial charge in [0.05, 0.1) is 29.9 Å². The molecule has 0 radical (unpaired) electrons. The molecule has 0 spiro atoms. The Hall–Kier alpha value is -3.32. The molecule has 0 saturated carbocycles. The summed E-state index contributed by atoms with van der Waals surface area (Å²) in [5.41, 5.74) is 3.55. The highest BCUT2D eigenvalue weighted by atomic mass is 16.5. The van der Waals surface area contributed by atoms with Crippen molar-refractivity contribution >= 4 is 22.8 Å². The molecule has 33 heavy (non-hydrogen) atoms. The Morgan fingerprint density at radius 2 is 1.85 bits per heavy atom. The van der Waals surface area contributed by atoms with E-state index in [1.165, 1.54) is 6.20 Å². The first-order chi connectivity index (χ1) is 15.9. The van der Waals surface area contributed by atoms with Crippen LogP contribution in [0.25, 0.3) is 11.0 Å². The average Bonchev–Trinajstić information content (AvgIpc) is 2.83. The van der Waals surface area contributed by atoms with Crippen molar-refractivity contribution in [2.75, 3.05) is 32.8 Å². The van der Waals surface area contributed by atoms with Crippen LogP contribution >= 0.6 is 0 Å². The maximum atomic E-state index is 13.2. The van der Waals surface area contributed by atoms with Crippen LogP contribution in [0.3, 0.4) is 0 Å². The first-order valence-corrected chi connectivity index (χ1v) is 11.4. The van der Waals surface area contributed by atoms with Crippen LogP contribution in [0.2, 0.25) is 0 Å². The fraction of sp³-hybridized carbons (Fsp3) is 0.385. The molecule has 3 aromatic rings. The number of aryl methyl sites for hydroxylation is 1. The molecule has 7 nitrogen and oxygen atoms in total. The Morgan fingerprint density at radius 1 is 1.12 bits per heavy atom. The number of para-hydroxylation sites is 2. The number of hydrogen-bond donors (Lipinski definition) is 0. The highest BCUT2D eigenvalue weighted by Crippen LogP contribution is 2.16. The van der Waals surface area contributed by atoms with Crippen molar-refractivity contribution in [1.82, 2.24) is 19.8 Å². The van der Waals surface area contributed by atoms with Crippen LogP contribution in [0.5, 0.6) is 0 Å². The molecule has 0 aliphatic carbocycles. The van der Waals surface area contributed by atoms with E-state index in [2.05, 4.69) is 23.8 Å². The fourth-order valence-electron chi connectivity index (χ4n) is 4.04.